The van der Waals surface area contributed by atoms with E-state index in [-0.39, 0.29) is 12.3 Å². The van der Waals surface area contributed by atoms with Crippen molar-refractivity contribution in [2.45, 2.75) is 32.6 Å². The zero-order valence-corrected chi connectivity index (χ0v) is 11.0. The van der Waals surface area contributed by atoms with Crippen LogP contribution in [0.15, 0.2) is 12.1 Å². The molecule has 4 heteroatoms. The van der Waals surface area contributed by atoms with Crippen LogP contribution in [-0.4, -0.2) is 18.2 Å². The highest BCUT2D eigenvalue weighted by molar-refractivity contribution is 6.30. The summed E-state index contributed by atoms with van der Waals surface area (Å²) in [6.07, 6.45) is 0.572. The number of carboxylic acids is 1. The van der Waals surface area contributed by atoms with E-state index < -0.39 is 5.97 Å². The van der Waals surface area contributed by atoms with Crippen LogP contribution in [0.3, 0.4) is 0 Å². The first kappa shape index (κ1) is 13.8. The summed E-state index contributed by atoms with van der Waals surface area (Å²) in [5.41, 5.74) is 1.99. The summed E-state index contributed by atoms with van der Waals surface area (Å²) in [7, 11) is 1.60. The highest BCUT2D eigenvalue weighted by Gasteiger charge is 2.15. The molecule has 3 nitrogen and oxygen atoms in total. The number of aliphatic carboxylic acids is 1. The zero-order chi connectivity index (χ0) is 13.0. The van der Waals surface area contributed by atoms with Gasteiger partial charge in [-0.15, -0.1) is 0 Å². The van der Waals surface area contributed by atoms with Gasteiger partial charge in [0, 0.05) is 11.4 Å². The minimum atomic E-state index is -0.807. The second-order valence-electron chi connectivity index (χ2n) is 4.23. The Hall–Kier alpha value is -1.22. The van der Waals surface area contributed by atoms with Crippen molar-refractivity contribution in [3.8, 4) is 5.75 Å². The Morgan fingerprint density at radius 1 is 1.47 bits per heavy atom. The van der Waals surface area contributed by atoms with Crippen molar-refractivity contribution in [3.05, 3.63) is 28.3 Å². The van der Waals surface area contributed by atoms with Gasteiger partial charge in [-0.2, -0.15) is 0 Å². The molecule has 0 amide bonds. The van der Waals surface area contributed by atoms with Crippen LogP contribution < -0.4 is 4.74 Å². The number of carbonyl (C=O) groups is 1. The maximum Gasteiger partial charge on any atom is 0.303 e. The van der Waals surface area contributed by atoms with Crippen molar-refractivity contribution >= 4 is 17.6 Å². The van der Waals surface area contributed by atoms with E-state index in [9.17, 15) is 4.79 Å². The minimum Gasteiger partial charge on any atom is -0.496 e. The van der Waals surface area contributed by atoms with Crippen molar-refractivity contribution in [2.75, 3.05) is 7.11 Å². The first-order valence-electron chi connectivity index (χ1n) is 5.53. The van der Waals surface area contributed by atoms with E-state index in [0.717, 1.165) is 16.9 Å². The number of hydrogen-bond donors (Lipinski definition) is 1. The van der Waals surface area contributed by atoms with E-state index in [1.165, 1.54) is 0 Å². The molecule has 1 rings (SSSR count). The van der Waals surface area contributed by atoms with Crippen molar-refractivity contribution in [3.63, 3.8) is 0 Å². The molecule has 0 saturated carbocycles. The molecule has 1 aromatic rings. The summed E-state index contributed by atoms with van der Waals surface area (Å²) < 4.78 is 5.30. The SMILES string of the molecule is COc1cc(Cl)cc(CCC(=O)O)c1C(C)C. The normalized spacial score (nSPS) is 10.6. The summed E-state index contributed by atoms with van der Waals surface area (Å²) >= 11 is 5.99. The van der Waals surface area contributed by atoms with Gasteiger partial charge in [0.2, 0.25) is 0 Å². The Morgan fingerprint density at radius 2 is 2.12 bits per heavy atom. The molecule has 17 heavy (non-hydrogen) atoms. The van der Waals surface area contributed by atoms with Crippen LogP contribution in [0.1, 0.15) is 37.3 Å². The number of rotatable bonds is 5. The monoisotopic (exact) mass is 256 g/mol. The van der Waals surface area contributed by atoms with Gasteiger partial charge in [-0.1, -0.05) is 25.4 Å². The first-order chi connectivity index (χ1) is 7.95. The summed E-state index contributed by atoms with van der Waals surface area (Å²) in [5.74, 6) is 0.192. The van der Waals surface area contributed by atoms with Crippen molar-refractivity contribution in [1.82, 2.24) is 0 Å². The molecule has 1 aromatic carbocycles. The molecule has 0 fully saturated rings. The van der Waals surface area contributed by atoms with Gasteiger partial charge in [0.25, 0.3) is 0 Å². The number of aryl methyl sites for hydroxylation is 1. The average Bonchev–Trinajstić information content (AvgIpc) is 2.24. The summed E-state index contributed by atoms with van der Waals surface area (Å²) in [5, 5.41) is 9.31. The number of carboxylic acid groups (broad SMARTS) is 1. The number of methoxy groups -OCH3 is 1. The lowest BCUT2D eigenvalue weighted by Crippen LogP contribution is -2.04. The van der Waals surface area contributed by atoms with Gasteiger partial charge in [-0.3, -0.25) is 4.79 Å². The lowest BCUT2D eigenvalue weighted by Gasteiger charge is -2.17. The molecule has 1 N–H and O–H groups in total. The van der Waals surface area contributed by atoms with E-state index in [0.29, 0.717) is 11.4 Å². The van der Waals surface area contributed by atoms with Crippen LogP contribution in [0.25, 0.3) is 0 Å². The van der Waals surface area contributed by atoms with Gasteiger partial charge in [0.05, 0.1) is 7.11 Å². The van der Waals surface area contributed by atoms with Crippen LogP contribution in [0.5, 0.6) is 5.75 Å². The lowest BCUT2D eigenvalue weighted by atomic mass is 9.93. The molecular formula is C13H17ClO3. The van der Waals surface area contributed by atoms with Gasteiger partial charge in [-0.05, 0) is 35.6 Å². The van der Waals surface area contributed by atoms with Crippen LogP contribution >= 0.6 is 11.6 Å². The van der Waals surface area contributed by atoms with E-state index in [1.807, 2.05) is 6.07 Å². The average molecular weight is 257 g/mol. The highest BCUT2D eigenvalue weighted by Crippen LogP contribution is 2.33. The van der Waals surface area contributed by atoms with Gasteiger partial charge in [0.15, 0.2) is 0 Å². The van der Waals surface area contributed by atoms with Crippen molar-refractivity contribution in [1.29, 1.82) is 0 Å². The molecule has 0 aliphatic rings. The first-order valence-corrected chi connectivity index (χ1v) is 5.91. The molecular weight excluding hydrogens is 240 g/mol. The van der Waals surface area contributed by atoms with Gasteiger partial charge in [-0.25, -0.2) is 0 Å². The maximum atomic E-state index is 10.6. The topological polar surface area (TPSA) is 46.5 Å². The Labute approximate surface area is 106 Å². The predicted octanol–water partition coefficient (Wildman–Crippen LogP) is 3.49. The fourth-order valence-corrected chi connectivity index (χ4v) is 2.15. The predicted molar refractivity (Wildman–Crippen MR) is 68.0 cm³/mol. The number of hydrogen-bond acceptors (Lipinski definition) is 2. The maximum absolute atomic E-state index is 10.6. The second-order valence-corrected chi connectivity index (χ2v) is 4.67. The van der Waals surface area contributed by atoms with Crippen LogP contribution in [-0.2, 0) is 11.2 Å². The van der Waals surface area contributed by atoms with Crippen LogP contribution in [0.2, 0.25) is 5.02 Å². The molecule has 0 aromatic heterocycles. The number of halogens is 1. The molecule has 0 heterocycles. The third-order valence-corrected chi connectivity index (χ3v) is 2.82. The Morgan fingerprint density at radius 3 is 2.59 bits per heavy atom. The molecule has 0 atom stereocenters. The quantitative estimate of drug-likeness (QED) is 0.877. The fourth-order valence-electron chi connectivity index (χ4n) is 1.92. The van der Waals surface area contributed by atoms with Crippen molar-refractivity contribution in [2.24, 2.45) is 0 Å². The molecule has 0 spiro atoms. The van der Waals surface area contributed by atoms with E-state index >= 15 is 0 Å². The molecule has 0 aliphatic carbocycles. The lowest BCUT2D eigenvalue weighted by molar-refractivity contribution is -0.136. The molecule has 94 valence electrons. The van der Waals surface area contributed by atoms with Gasteiger partial charge >= 0.3 is 5.97 Å². The summed E-state index contributed by atoms with van der Waals surface area (Å²) in [6, 6.07) is 3.59. The largest absolute Gasteiger partial charge is 0.496 e. The second kappa shape index (κ2) is 5.92. The fraction of sp³-hybridized carbons (Fsp3) is 0.462. The number of benzene rings is 1. The standard InChI is InChI=1S/C13H17ClO3/c1-8(2)13-9(4-5-12(15)16)6-10(14)7-11(13)17-3/h6-8H,4-5H2,1-3H3,(H,15,16). The Bertz CT molecular complexity index is 413. The summed E-state index contributed by atoms with van der Waals surface area (Å²) in [4.78, 5) is 10.6. The minimum absolute atomic E-state index is 0.100. The van der Waals surface area contributed by atoms with Crippen LogP contribution in [0, 0.1) is 0 Å². The Kier molecular flexibility index (Phi) is 4.82. The van der Waals surface area contributed by atoms with Gasteiger partial charge < -0.3 is 9.84 Å². The number of ether oxygens (including phenoxy) is 1. The third-order valence-electron chi connectivity index (χ3n) is 2.60. The summed E-state index contributed by atoms with van der Waals surface area (Å²) in [6.45, 7) is 4.10. The smallest absolute Gasteiger partial charge is 0.303 e. The molecule has 0 unspecified atom stereocenters. The van der Waals surface area contributed by atoms with Gasteiger partial charge in [0.1, 0.15) is 5.75 Å². The molecule has 0 radical (unpaired) electrons. The third kappa shape index (κ3) is 3.63. The van der Waals surface area contributed by atoms with E-state index in [2.05, 4.69) is 13.8 Å². The van der Waals surface area contributed by atoms with E-state index in [4.69, 9.17) is 21.4 Å². The van der Waals surface area contributed by atoms with E-state index in [1.54, 1.807) is 13.2 Å². The zero-order valence-electron chi connectivity index (χ0n) is 10.3. The highest BCUT2D eigenvalue weighted by atomic mass is 35.5. The molecule has 0 aliphatic heterocycles. The van der Waals surface area contributed by atoms with Crippen molar-refractivity contribution < 1.29 is 14.6 Å². The van der Waals surface area contributed by atoms with Crippen LogP contribution in [0.4, 0.5) is 0 Å². The molecule has 0 bridgehead atoms. The Balaban J connectivity index is 3.15. The molecule has 0 saturated heterocycles.